The summed E-state index contributed by atoms with van der Waals surface area (Å²) in [6.07, 6.45) is -0.402. The molecule has 1 heterocycles. The van der Waals surface area contributed by atoms with Crippen LogP contribution in [-0.4, -0.2) is 43.2 Å². The Bertz CT molecular complexity index is 799. The van der Waals surface area contributed by atoms with E-state index in [1.807, 2.05) is 51.1 Å². The average molecular weight is 354 g/mol. The molecule has 5 nitrogen and oxygen atoms in total. The van der Waals surface area contributed by atoms with Crippen LogP contribution in [0.2, 0.25) is 0 Å². The first-order chi connectivity index (χ1) is 12.4. The first-order valence-corrected chi connectivity index (χ1v) is 8.80. The van der Waals surface area contributed by atoms with Gasteiger partial charge in [0, 0.05) is 24.4 Å². The molecule has 1 aliphatic heterocycles. The second kappa shape index (κ2) is 7.38. The van der Waals surface area contributed by atoms with Gasteiger partial charge >= 0.3 is 0 Å². The molecule has 0 radical (unpaired) electrons. The summed E-state index contributed by atoms with van der Waals surface area (Å²) in [7, 11) is 1.65. The number of carbonyl (C=O) groups excluding carboxylic acids is 1. The lowest BCUT2D eigenvalue weighted by Gasteiger charge is -2.19. The number of hydrogen-bond donors (Lipinski definition) is 1. The Morgan fingerprint density at radius 2 is 1.77 bits per heavy atom. The molecule has 2 N–H and O–H groups in total. The van der Waals surface area contributed by atoms with Gasteiger partial charge in [0.2, 0.25) is 0 Å². The molecule has 0 aliphatic carbocycles. The summed E-state index contributed by atoms with van der Waals surface area (Å²) in [4.78, 5) is 14.8. The van der Waals surface area contributed by atoms with Gasteiger partial charge in [-0.25, -0.2) is 0 Å². The number of rotatable bonds is 4. The number of ether oxygens (including phenoxy) is 2. The van der Waals surface area contributed by atoms with Crippen molar-refractivity contribution in [2.45, 2.75) is 33.0 Å². The minimum absolute atomic E-state index is 0.0168. The quantitative estimate of drug-likeness (QED) is 0.857. The largest absolute Gasteiger partial charge is 0.486 e. The maximum atomic E-state index is 13.0. The topological polar surface area (TPSA) is 64.8 Å². The number of amides is 1. The predicted octanol–water partition coefficient (Wildman–Crippen LogP) is 3.11. The molecule has 1 fully saturated rings. The number of benzene rings is 2. The van der Waals surface area contributed by atoms with E-state index in [0.717, 1.165) is 22.3 Å². The van der Waals surface area contributed by atoms with Crippen LogP contribution < -0.4 is 10.5 Å². The van der Waals surface area contributed by atoms with E-state index in [-0.39, 0.29) is 18.1 Å². The van der Waals surface area contributed by atoms with Crippen LogP contribution in [-0.2, 0) is 4.74 Å². The Hall–Kier alpha value is -2.53. The Balaban J connectivity index is 1.78. The van der Waals surface area contributed by atoms with Gasteiger partial charge in [-0.2, -0.15) is 0 Å². The Morgan fingerprint density at radius 3 is 2.46 bits per heavy atom. The van der Waals surface area contributed by atoms with Gasteiger partial charge in [-0.15, -0.1) is 0 Å². The first kappa shape index (κ1) is 18.3. The summed E-state index contributed by atoms with van der Waals surface area (Å²) in [5.41, 5.74) is 10.4. The van der Waals surface area contributed by atoms with Crippen molar-refractivity contribution in [2.24, 2.45) is 0 Å². The highest BCUT2D eigenvalue weighted by Gasteiger charge is 2.37. The van der Waals surface area contributed by atoms with E-state index in [1.165, 1.54) is 0 Å². The van der Waals surface area contributed by atoms with Crippen molar-refractivity contribution >= 4 is 11.6 Å². The molecule has 1 saturated heterocycles. The number of nitrogens with zero attached hydrogens (tertiary/aromatic N) is 1. The van der Waals surface area contributed by atoms with Crippen molar-refractivity contribution in [1.29, 1.82) is 0 Å². The SMILES string of the molecule is COC1CN(C(=O)c2cc(C)ccc2C)CC1Oc1cc(C)cc(N)c1. The number of nitrogen functional groups attached to an aromatic ring is 1. The normalized spacial score (nSPS) is 19.6. The number of nitrogens with two attached hydrogens (primary N) is 1. The lowest BCUT2D eigenvalue weighted by molar-refractivity contribution is 0.0339. The fourth-order valence-corrected chi connectivity index (χ4v) is 3.41. The van der Waals surface area contributed by atoms with Crippen LogP contribution in [0.15, 0.2) is 36.4 Å². The van der Waals surface area contributed by atoms with Crippen molar-refractivity contribution < 1.29 is 14.3 Å². The molecule has 0 aromatic heterocycles. The van der Waals surface area contributed by atoms with Crippen molar-refractivity contribution in [1.82, 2.24) is 4.90 Å². The molecule has 2 atom stereocenters. The van der Waals surface area contributed by atoms with Gasteiger partial charge in [-0.05, 0) is 50.1 Å². The minimum atomic E-state index is -0.227. The zero-order valence-electron chi connectivity index (χ0n) is 15.8. The summed E-state index contributed by atoms with van der Waals surface area (Å²) in [6.45, 7) is 6.92. The molecule has 26 heavy (non-hydrogen) atoms. The molecule has 3 rings (SSSR count). The van der Waals surface area contributed by atoms with E-state index < -0.39 is 0 Å². The first-order valence-electron chi connectivity index (χ1n) is 8.80. The van der Waals surface area contributed by atoms with E-state index >= 15 is 0 Å². The van der Waals surface area contributed by atoms with Crippen molar-refractivity contribution in [3.05, 3.63) is 58.7 Å². The van der Waals surface area contributed by atoms with Gasteiger partial charge < -0.3 is 20.1 Å². The fourth-order valence-electron chi connectivity index (χ4n) is 3.41. The monoisotopic (exact) mass is 354 g/mol. The van der Waals surface area contributed by atoms with Gasteiger partial charge in [-0.3, -0.25) is 4.79 Å². The van der Waals surface area contributed by atoms with Gasteiger partial charge in [-0.1, -0.05) is 17.7 Å². The van der Waals surface area contributed by atoms with Crippen LogP contribution in [0.4, 0.5) is 5.69 Å². The van der Waals surface area contributed by atoms with E-state index in [4.69, 9.17) is 15.2 Å². The molecule has 138 valence electrons. The van der Waals surface area contributed by atoms with E-state index in [0.29, 0.717) is 24.5 Å². The summed E-state index contributed by atoms with van der Waals surface area (Å²) in [5, 5.41) is 0. The number of anilines is 1. The van der Waals surface area contributed by atoms with Crippen LogP contribution in [0.5, 0.6) is 5.75 Å². The summed E-state index contributed by atoms with van der Waals surface area (Å²) in [5.74, 6) is 0.721. The number of likely N-dealkylation sites (tertiary alicyclic amines) is 1. The third kappa shape index (κ3) is 3.83. The third-order valence-corrected chi connectivity index (χ3v) is 4.79. The number of aryl methyl sites for hydroxylation is 3. The smallest absolute Gasteiger partial charge is 0.254 e. The van der Waals surface area contributed by atoms with Crippen LogP contribution in [0, 0.1) is 20.8 Å². The molecule has 2 aromatic rings. The third-order valence-electron chi connectivity index (χ3n) is 4.79. The highest BCUT2D eigenvalue weighted by Crippen LogP contribution is 2.25. The van der Waals surface area contributed by atoms with Crippen molar-refractivity contribution in [3.8, 4) is 5.75 Å². The zero-order chi connectivity index (χ0) is 18.8. The lowest BCUT2D eigenvalue weighted by Crippen LogP contribution is -2.32. The summed E-state index contributed by atoms with van der Waals surface area (Å²) < 4.78 is 11.7. The molecule has 0 saturated carbocycles. The van der Waals surface area contributed by atoms with Gasteiger partial charge in [0.15, 0.2) is 0 Å². The van der Waals surface area contributed by atoms with Crippen LogP contribution in [0.1, 0.15) is 27.0 Å². The summed E-state index contributed by atoms with van der Waals surface area (Å²) >= 11 is 0. The van der Waals surface area contributed by atoms with E-state index in [1.54, 1.807) is 18.1 Å². The Labute approximate surface area is 154 Å². The minimum Gasteiger partial charge on any atom is -0.486 e. The van der Waals surface area contributed by atoms with Gasteiger partial charge in [0.25, 0.3) is 5.91 Å². The molecule has 0 bridgehead atoms. The molecule has 2 aromatic carbocycles. The van der Waals surface area contributed by atoms with Crippen molar-refractivity contribution in [2.75, 3.05) is 25.9 Å². The van der Waals surface area contributed by atoms with Crippen LogP contribution >= 0.6 is 0 Å². The second-order valence-corrected chi connectivity index (χ2v) is 7.04. The van der Waals surface area contributed by atoms with Crippen molar-refractivity contribution in [3.63, 3.8) is 0 Å². The second-order valence-electron chi connectivity index (χ2n) is 7.04. The number of hydrogen-bond acceptors (Lipinski definition) is 4. The Kier molecular flexibility index (Phi) is 5.18. The highest BCUT2D eigenvalue weighted by molar-refractivity contribution is 5.96. The molecule has 0 spiro atoms. The zero-order valence-corrected chi connectivity index (χ0v) is 15.8. The number of carbonyl (C=O) groups is 1. The van der Waals surface area contributed by atoms with E-state index in [2.05, 4.69) is 0 Å². The lowest BCUT2D eigenvalue weighted by atomic mass is 10.0. The fraction of sp³-hybridized carbons (Fsp3) is 0.381. The summed E-state index contributed by atoms with van der Waals surface area (Å²) in [6, 6.07) is 11.6. The molecular weight excluding hydrogens is 328 g/mol. The average Bonchev–Trinajstić information content (AvgIpc) is 2.98. The molecular formula is C21H26N2O3. The Morgan fingerprint density at radius 1 is 1.04 bits per heavy atom. The van der Waals surface area contributed by atoms with Gasteiger partial charge in [0.05, 0.1) is 13.1 Å². The maximum absolute atomic E-state index is 13.0. The van der Waals surface area contributed by atoms with E-state index in [9.17, 15) is 4.79 Å². The van der Waals surface area contributed by atoms with Crippen LogP contribution in [0.25, 0.3) is 0 Å². The highest BCUT2D eigenvalue weighted by atomic mass is 16.5. The number of methoxy groups -OCH3 is 1. The predicted molar refractivity (Wildman–Crippen MR) is 103 cm³/mol. The molecule has 1 amide bonds. The molecule has 1 aliphatic rings. The molecule has 2 unspecified atom stereocenters. The van der Waals surface area contributed by atoms with Gasteiger partial charge in [0.1, 0.15) is 18.0 Å². The standard InChI is InChI=1S/C21H26N2O3/c1-13-5-6-15(3)18(9-13)21(24)23-11-19(25-4)20(12-23)26-17-8-14(2)7-16(22)10-17/h5-10,19-20H,11-12,22H2,1-4H3. The van der Waals surface area contributed by atoms with Crippen LogP contribution in [0.3, 0.4) is 0 Å². The maximum Gasteiger partial charge on any atom is 0.254 e. The molecule has 5 heteroatoms.